The van der Waals surface area contributed by atoms with Crippen LogP contribution < -0.4 is 5.90 Å². The average Bonchev–Trinajstić information content (AvgIpc) is 2.06. The predicted octanol–water partition coefficient (Wildman–Crippen LogP) is 0.567. The summed E-state index contributed by atoms with van der Waals surface area (Å²) in [5, 5.41) is 9.35. The molecular formula is C8H20Cl2N2O2. The lowest BCUT2D eigenvalue weighted by Crippen LogP contribution is -2.38. The van der Waals surface area contributed by atoms with Crippen LogP contribution in [0.3, 0.4) is 0 Å². The summed E-state index contributed by atoms with van der Waals surface area (Å²) < 4.78 is 0. The molecule has 1 fully saturated rings. The van der Waals surface area contributed by atoms with Crippen LogP contribution in [0.5, 0.6) is 0 Å². The number of nitrogens with two attached hydrogens (primary N) is 1. The summed E-state index contributed by atoms with van der Waals surface area (Å²) >= 11 is 0. The molecule has 88 valence electrons. The zero-order chi connectivity index (χ0) is 8.81. The van der Waals surface area contributed by atoms with Gasteiger partial charge in [-0.3, -0.25) is 0 Å². The Kier molecular flexibility index (Phi) is 12.0. The molecule has 14 heavy (non-hydrogen) atoms. The molecule has 0 saturated carbocycles. The van der Waals surface area contributed by atoms with Crippen molar-refractivity contribution in [2.75, 3.05) is 26.2 Å². The first kappa shape index (κ1) is 16.8. The van der Waals surface area contributed by atoms with Crippen LogP contribution in [0, 0.1) is 0 Å². The molecule has 1 rings (SSSR count). The van der Waals surface area contributed by atoms with Gasteiger partial charge < -0.3 is 14.8 Å². The number of rotatable bonds is 4. The lowest BCUT2D eigenvalue weighted by Gasteiger charge is -2.27. The standard InChI is InChI=1S/C8H18N2O2.2ClH/c9-12-7-8(11)6-10-4-2-1-3-5-10;;/h8,11H,1-7,9H2;2*1H. The molecule has 0 amide bonds. The third kappa shape index (κ3) is 6.81. The Morgan fingerprint density at radius 3 is 2.29 bits per heavy atom. The van der Waals surface area contributed by atoms with Gasteiger partial charge in [-0.2, -0.15) is 0 Å². The highest BCUT2D eigenvalue weighted by atomic mass is 35.5. The van der Waals surface area contributed by atoms with Crippen LogP contribution in [0.25, 0.3) is 0 Å². The van der Waals surface area contributed by atoms with Crippen molar-refractivity contribution in [1.29, 1.82) is 0 Å². The number of hydrogen-bond donors (Lipinski definition) is 2. The van der Waals surface area contributed by atoms with Crippen molar-refractivity contribution in [2.24, 2.45) is 5.90 Å². The van der Waals surface area contributed by atoms with Gasteiger partial charge in [0.2, 0.25) is 0 Å². The molecule has 1 saturated heterocycles. The summed E-state index contributed by atoms with van der Waals surface area (Å²) in [5.41, 5.74) is 0. The second kappa shape index (κ2) is 9.96. The van der Waals surface area contributed by atoms with Gasteiger partial charge in [-0.05, 0) is 25.9 Å². The summed E-state index contributed by atoms with van der Waals surface area (Å²) in [7, 11) is 0. The summed E-state index contributed by atoms with van der Waals surface area (Å²) in [6, 6.07) is 0. The van der Waals surface area contributed by atoms with Gasteiger partial charge in [-0.1, -0.05) is 6.42 Å². The monoisotopic (exact) mass is 246 g/mol. The van der Waals surface area contributed by atoms with Gasteiger partial charge >= 0.3 is 0 Å². The highest BCUT2D eigenvalue weighted by Crippen LogP contribution is 2.08. The quantitative estimate of drug-likeness (QED) is 0.713. The first-order valence-electron chi connectivity index (χ1n) is 4.55. The minimum Gasteiger partial charge on any atom is -0.389 e. The van der Waals surface area contributed by atoms with Gasteiger partial charge in [0.15, 0.2) is 0 Å². The van der Waals surface area contributed by atoms with E-state index in [1.165, 1.54) is 19.3 Å². The molecular weight excluding hydrogens is 227 g/mol. The van der Waals surface area contributed by atoms with Crippen LogP contribution in [0.1, 0.15) is 19.3 Å². The molecule has 6 heteroatoms. The van der Waals surface area contributed by atoms with Crippen LogP contribution >= 0.6 is 24.8 Å². The molecule has 0 radical (unpaired) electrons. The zero-order valence-electron chi connectivity index (χ0n) is 8.22. The fraction of sp³-hybridized carbons (Fsp3) is 1.00. The third-order valence-electron chi connectivity index (χ3n) is 2.21. The SMILES string of the molecule is Cl.Cl.NOCC(O)CN1CCCCC1. The number of likely N-dealkylation sites (tertiary alicyclic amines) is 1. The Morgan fingerprint density at radius 1 is 1.21 bits per heavy atom. The molecule has 0 aromatic rings. The first-order chi connectivity index (χ1) is 5.83. The van der Waals surface area contributed by atoms with Crippen molar-refractivity contribution in [1.82, 2.24) is 4.90 Å². The number of aliphatic hydroxyl groups excluding tert-OH is 1. The minimum atomic E-state index is -0.437. The lowest BCUT2D eigenvalue weighted by atomic mass is 10.1. The summed E-state index contributed by atoms with van der Waals surface area (Å²) in [5.74, 6) is 4.86. The van der Waals surface area contributed by atoms with E-state index < -0.39 is 6.10 Å². The molecule has 1 aliphatic rings. The Hall–Kier alpha value is 0.420. The molecule has 4 nitrogen and oxygen atoms in total. The molecule has 0 aromatic carbocycles. The van der Waals surface area contributed by atoms with Gasteiger partial charge in [-0.15, -0.1) is 24.8 Å². The number of halogens is 2. The average molecular weight is 247 g/mol. The van der Waals surface area contributed by atoms with E-state index in [4.69, 9.17) is 5.90 Å². The van der Waals surface area contributed by atoms with Crippen molar-refractivity contribution in [3.05, 3.63) is 0 Å². The van der Waals surface area contributed by atoms with Crippen molar-refractivity contribution in [2.45, 2.75) is 25.4 Å². The lowest BCUT2D eigenvalue weighted by molar-refractivity contribution is 0.0131. The van der Waals surface area contributed by atoms with Crippen LogP contribution in [0.15, 0.2) is 0 Å². The number of aliphatic hydroxyl groups is 1. The first-order valence-corrected chi connectivity index (χ1v) is 4.55. The van der Waals surface area contributed by atoms with Crippen LogP contribution in [-0.2, 0) is 4.84 Å². The van der Waals surface area contributed by atoms with Crippen molar-refractivity contribution >= 4 is 24.8 Å². The number of nitrogens with zero attached hydrogens (tertiary/aromatic N) is 1. The summed E-state index contributed by atoms with van der Waals surface area (Å²) in [6.45, 7) is 3.12. The number of β-amino-alcohol motifs (C(OH)–C–C–N with tert-alkyl or cyclic N) is 1. The van der Waals surface area contributed by atoms with E-state index in [-0.39, 0.29) is 31.4 Å². The van der Waals surface area contributed by atoms with Gasteiger partial charge in [-0.25, -0.2) is 5.90 Å². The maximum atomic E-state index is 9.35. The second-order valence-electron chi connectivity index (χ2n) is 3.35. The largest absolute Gasteiger partial charge is 0.389 e. The molecule has 0 bridgehead atoms. The zero-order valence-corrected chi connectivity index (χ0v) is 9.86. The van der Waals surface area contributed by atoms with Gasteiger partial charge in [0.05, 0.1) is 12.7 Å². The van der Waals surface area contributed by atoms with E-state index in [1.54, 1.807) is 0 Å². The van der Waals surface area contributed by atoms with E-state index in [9.17, 15) is 5.11 Å². The molecule has 1 atom stereocenters. The summed E-state index contributed by atoms with van der Waals surface area (Å²) in [6.07, 6.45) is 3.37. The van der Waals surface area contributed by atoms with E-state index in [2.05, 4.69) is 9.74 Å². The van der Waals surface area contributed by atoms with E-state index in [0.717, 1.165) is 13.1 Å². The predicted molar refractivity (Wildman–Crippen MR) is 60.9 cm³/mol. The molecule has 0 aromatic heterocycles. The molecule has 1 heterocycles. The van der Waals surface area contributed by atoms with Crippen LogP contribution in [-0.4, -0.2) is 42.4 Å². The Bertz CT molecular complexity index is 124. The highest BCUT2D eigenvalue weighted by molar-refractivity contribution is 5.85. The minimum absolute atomic E-state index is 0. The topological polar surface area (TPSA) is 58.7 Å². The highest BCUT2D eigenvalue weighted by Gasteiger charge is 2.13. The fourth-order valence-electron chi connectivity index (χ4n) is 1.60. The normalized spacial score (nSPS) is 19.3. The molecule has 1 unspecified atom stereocenters. The van der Waals surface area contributed by atoms with Crippen LogP contribution in [0.4, 0.5) is 0 Å². The fourth-order valence-corrected chi connectivity index (χ4v) is 1.60. The van der Waals surface area contributed by atoms with E-state index in [0.29, 0.717) is 6.54 Å². The second-order valence-corrected chi connectivity index (χ2v) is 3.35. The Morgan fingerprint density at radius 2 is 1.79 bits per heavy atom. The molecule has 3 N–H and O–H groups in total. The van der Waals surface area contributed by atoms with Crippen molar-refractivity contribution in [3.63, 3.8) is 0 Å². The van der Waals surface area contributed by atoms with Crippen molar-refractivity contribution < 1.29 is 9.94 Å². The molecule has 1 aliphatic heterocycles. The number of hydrogen-bond acceptors (Lipinski definition) is 4. The summed E-state index contributed by atoms with van der Waals surface area (Å²) in [4.78, 5) is 6.63. The maximum absolute atomic E-state index is 9.35. The molecule has 0 spiro atoms. The van der Waals surface area contributed by atoms with Crippen molar-refractivity contribution in [3.8, 4) is 0 Å². The number of piperidine rings is 1. The smallest absolute Gasteiger partial charge is 0.0951 e. The van der Waals surface area contributed by atoms with Gasteiger partial charge in [0, 0.05) is 6.54 Å². The van der Waals surface area contributed by atoms with Gasteiger partial charge in [0.25, 0.3) is 0 Å². The maximum Gasteiger partial charge on any atom is 0.0951 e. The Labute approximate surface area is 97.6 Å². The van der Waals surface area contributed by atoms with E-state index >= 15 is 0 Å². The van der Waals surface area contributed by atoms with E-state index in [1.807, 2.05) is 0 Å². The Balaban J connectivity index is 0. The van der Waals surface area contributed by atoms with Crippen LogP contribution in [0.2, 0.25) is 0 Å². The third-order valence-corrected chi connectivity index (χ3v) is 2.21. The van der Waals surface area contributed by atoms with Gasteiger partial charge in [0.1, 0.15) is 0 Å². The molecule has 0 aliphatic carbocycles.